The number of hydrogen-bond acceptors (Lipinski definition) is 3. The van der Waals surface area contributed by atoms with E-state index in [2.05, 4.69) is 6.07 Å². The van der Waals surface area contributed by atoms with Crippen LogP contribution in [-0.2, 0) is 11.2 Å². The molecule has 0 unspecified atom stereocenters. The van der Waals surface area contributed by atoms with Crippen LogP contribution in [0.4, 0.5) is 0 Å². The SMILES string of the molecule is CCOC(=O)c1c(C)cccc1CCC#N. The summed E-state index contributed by atoms with van der Waals surface area (Å²) in [6.07, 6.45) is 1.00. The van der Waals surface area contributed by atoms with Crippen molar-refractivity contribution in [1.82, 2.24) is 0 Å². The third-order valence-corrected chi connectivity index (χ3v) is 2.34. The Morgan fingerprint density at radius 1 is 1.50 bits per heavy atom. The van der Waals surface area contributed by atoms with Gasteiger partial charge in [-0.05, 0) is 31.4 Å². The van der Waals surface area contributed by atoms with Crippen LogP contribution in [0.1, 0.15) is 34.8 Å². The van der Waals surface area contributed by atoms with Gasteiger partial charge in [0.15, 0.2) is 0 Å². The number of ether oxygens (including phenoxy) is 1. The lowest BCUT2D eigenvalue weighted by Gasteiger charge is -2.10. The number of carbonyl (C=O) groups is 1. The summed E-state index contributed by atoms with van der Waals surface area (Å²) in [6, 6.07) is 7.72. The minimum Gasteiger partial charge on any atom is -0.462 e. The van der Waals surface area contributed by atoms with E-state index in [1.807, 2.05) is 25.1 Å². The van der Waals surface area contributed by atoms with E-state index < -0.39 is 0 Å². The predicted molar refractivity (Wildman–Crippen MR) is 61.1 cm³/mol. The van der Waals surface area contributed by atoms with E-state index in [-0.39, 0.29) is 5.97 Å². The van der Waals surface area contributed by atoms with Crippen LogP contribution in [0.5, 0.6) is 0 Å². The molecule has 3 nitrogen and oxygen atoms in total. The molecule has 1 aromatic carbocycles. The zero-order valence-electron chi connectivity index (χ0n) is 9.62. The van der Waals surface area contributed by atoms with Crippen molar-refractivity contribution in [2.75, 3.05) is 6.61 Å². The van der Waals surface area contributed by atoms with Gasteiger partial charge in [0.2, 0.25) is 0 Å². The van der Waals surface area contributed by atoms with Crippen LogP contribution in [0.25, 0.3) is 0 Å². The fourth-order valence-corrected chi connectivity index (χ4v) is 1.62. The van der Waals surface area contributed by atoms with E-state index in [9.17, 15) is 4.79 Å². The van der Waals surface area contributed by atoms with Crippen LogP contribution >= 0.6 is 0 Å². The Labute approximate surface area is 95.7 Å². The summed E-state index contributed by atoms with van der Waals surface area (Å²) < 4.78 is 5.01. The second kappa shape index (κ2) is 5.92. The van der Waals surface area contributed by atoms with Crippen LogP contribution < -0.4 is 0 Å². The van der Waals surface area contributed by atoms with Gasteiger partial charge in [-0.2, -0.15) is 5.26 Å². The number of carbonyl (C=O) groups excluding carboxylic acids is 1. The summed E-state index contributed by atoms with van der Waals surface area (Å²) in [6.45, 7) is 4.03. The lowest BCUT2D eigenvalue weighted by molar-refractivity contribution is 0.0524. The van der Waals surface area contributed by atoms with Crippen molar-refractivity contribution in [2.45, 2.75) is 26.7 Å². The topological polar surface area (TPSA) is 50.1 Å². The molecule has 0 saturated carbocycles. The van der Waals surface area contributed by atoms with Crippen LogP contribution in [0.3, 0.4) is 0 Å². The van der Waals surface area contributed by atoms with Crippen molar-refractivity contribution < 1.29 is 9.53 Å². The molecule has 0 aromatic heterocycles. The quantitative estimate of drug-likeness (QED) is 0.728. The molecule has 1 rings (SSSR count). The molecule has 0 bridgehead atoms. The van der Waals surface area contributed by atoms with E-state index >= 15 is 0 Å². The Hall–Kier alpha value is -1.82. The fraction of sp³-hybridized carbons (Fsp3) is 0.385. The zero-order chi connectivity index (χ0) is 12.0. The van der Waals surface area contributed by atoms with E-state index in [1.54, 1.807) is 6.92 Å². The Balaban J connectivity index is 3.03. The van der Waals surface area contributed by atoms with Gasteiger partial charge in [-0.15, -0.1) is 0 Å². The summed E-state index contributed by atoms with van der Waals surface area (Å²) in [5.74, 6) is -0.298. The number of esters is 1. The first kappa shape index (κ1) is 12.3. The predicted octanol–water partition coefficient (Wildman–Crippen LogP) is 2.63. The molecular weight excluding hydrogens is 202 g/mol. The molecule has 1 aromatic rings. The molecule has 16 heavy (non-hydrogen) atoms. The maximum Gasteiger partial charge on any atom is 0.338 e. The van der Waals surface area contributed by atoms with E-state index in [4.69, 9.17) is 10.00 Å². The molecule has 0 aliphatic carbocycles. The lowest BCUT2D eigenvalue weighted by atomic mass is 9.99. The van der Waals surface area contributed by atoms with Crippen LogP contribution in [0.15, 0.2) is 18.2 Å². The van der Waals surface area contributed by atoms with Gasteiger partial charge >= 0.3 is 5.97 Å². The van der Waals surface area contributed by atoms with Crippen molar-refractivity contribution in [3.05, 3.63) is 34.9 Å². The molecule has 0 heterocycles. The number of aryl methyl sites for hydroxylation is 2. The minimum absolute atomic E-state index is 0.298. The molecule has 0 atom stereocenters. The Kier molecular flexibility index (Phi) is 4.53. The highest BCUT2D eigenvalue weighted by molar-refractivity contribution is 5.92. The molecule has 0 N–H and O–H groups in total. The average molecular weight is 217 g/mol. The third kappa shape index (κ3) is 2.83. The van der Waals surface area contributed by atoms with Gasteiger partial charge in [0.1, 0.15) is 0 Å². The fourth-order valence-electron chi connectivity index (χ4n) is 1.62. The summed E-state index contributed by atoms with van der Waals surface area (Å²) in [4.78, 5) is 11.7. The highest BCUT2D eigenvalue weighted by Gasteiger charge is 2.14. The second-order valence-electron chi connectivity index (χ2n) is 3.49. The van der Waals surface area contributed by atoms with E-state index in [0.717, 1.165) is 11.1 Å². The van der Waals surface area contributed by atoms with Gasteiger partial charge in [-0.3, -0.25) is 0 Å². The van der Waals surface area contributed by atoms with Crippen LogP contribution in [0, 0.1) is 18.3 Å². The lowest BCUT2D eigenvalue weighted by Crippen LogP contribution is -2.10. The summed E-state index contributed by atoms with van der Waals surface area (Å²) in [5.41, 5.74) is 2.40. The smallest absolute Gasteiger partial charge is 0.338 e. The maximum atomic E-state index is 11.7. The van der Waals surface area contributed by atoms with E-state index in [1.165, 1.54) is 0 Å². The molecule has 3 heteroatoms. The molecule has 0 spiro atoms. The Bertz CT molecular complexity index is 418. The molecule has 84 valence electrons. The van der Waals surface area contributed by atoms with Gasteiger partial charge in [0.25, 0.3) is 0 Å². The van der Waals surface area contributed by atoms with Gasteiger partial charge in [-0.25, -0.2) is 4.79 Å². The summed E-state index contributed by atoms with van der Waals surface area (Å²) in [7, 11) is 0. The molecule has 0 amide bonds. The number of benzene rings is 1. The van der Waals surface area contributed by atoms with Gasteiger partial charge in [-0.1, -0.05) is 18.2 Å². The van der Waals surface area contributed by atoms with E-state index in [0.29, 0.717) is 25.0 Å². The average Bonchev–Trinajstić information content (AvgIpc) is 2.26. The minimum atomic E-state index is -0.298. The number of hydrogen-bond donors (Lipinski definition) is 0. The molecule has 0 fully saturated rings. The Morgan fingerprint density at radius 2 is 2.25 bits per heavy atom. The highest BCUT2D eigenvalue weighted by Crippen LogP contribution is 2.17. The van der Waals surface area contributed by atoms with Crippen LogP contribution in [0.2, 0.25) is 0 Å². The molecule has 0 aliphatic heterocycles. The molecule has 0 saturated heterocycles. The largest absolute Gasteiger partial charge is 0.462 e. The van der Waals surface area contributed by atoms with Crippen LogP contribution in [-0.4, -0.2) is 12.6 Å². The standard InChI is InChI=1S/C13H15NO2/c1-3-16-13(15)12-10(2)6-4-7-11(12)8-5-9-14/h4,6-7H,3,5,8H2,1-2H3. The third-order valence-electron chi connectivity index (χ3n) is 2.34. The van der Waals surface area contributed by atoms with Crippen molar-refractivity contribution >= 4 is 5.97 Å². The molecular formula is C13H15NO2. The molecule has 0 radical (unpaired) electrons. The summed E-state index contributed by atoms with van der Waals surface area (Å²) >= 11 is 0. The second-order valence-corrected chi connectivity index (χ2v) is 3.49. The number of nitrogens with zero attached hydrogens (tertiary/aromatic N) is 1. The zero-order valence-corrected chi connectivity index (χ0v) is 9.62. The first-order chi connectivity index (χ1) is 7.70. The van der Waals surface area contributed by atoms with Gasteiger partial charge in [0.05, 0.1) is 18.2 Å². The first-order valence-corrected chi connectivity index (χ1v) is 5.33. The van der Waals surface area contributed by atoms with Crippen molar-refractivity contribution in [1.29, 1.82) is 5.26 Å². The van der Waals surface area contributed by atoms with Crippen molar-refractivity contribution in [3.63, 3.8) is 0 Å². The van der Waals surface area contributed by atoms with Gasteiger partial charge < -0.3 is 4.74 Å². The van der Waals surface area contributed by atoms with Gasteiger partial charge in [0, 0.05) is 6.42 Å². The first-order valence-electron chi connectivity index (χ1n) is 5.33. The highest BCUT2D eigenvalue weighted by atomic mass is 16.5. The number of nitriles is 1. The molecule has 0 aliphatic rings. The summed E-state index contributed by atoms with van der Waals surface area (Å²) in [5, 5.41) is 8.56. The maximum absolute atomic E-state index is 11.7. The normalized spacial score (nSPS) is 9.56. The van der Waals surface area contributed by atoms with Crippen molar-refractivity contribution in [2.24, 2.45) is 0 Å². The number of rotatable bonds is 4. The van der Waals surface area contributed by atoms with Crippen molar-refractivity contribution in [3.8, 4) is 6.07 Å². The Morgan fingerprint density at radius 3 is 2.88 bits per heavy atom. The monoisotopic (exact) mass is 217 g/mol.